The Morgan fingerprint density at radius 3 is 1.43 bits per heavy atom. The highest BCUT2D eigenvalue weighted by atomic mass is 16.5. The first-order chi connectivity index (χ1) is 22.8. The highest BCUT2D eigenvalue weighted by molar-refractivity contribution is 5.87. The number of carboxylic acid groups (broad SMARTS) is 2. The molecule has 0 aromatic carbocycles. The Bertz CT molecular complexity index is 858. The van der Waals surface area contributed by atoms with Crippen molar-refractivity contribution in [1.29, 1.82) is 0 Å². The Kier molecular flexibility index (Phi) is 30.7. The van der Waals surface area contributed by atoms with Gasteiger partial charge in [-0.15, -0.1) is 0 Å². The average molecular weight is 673 g/mol. The van der Waals surface area contributed by atoms with E-state index in [-0.39, 0.29) is 43.9 Å². The van der Waals surface area contributed by atoms with Crippen LogP contribution in [0.15, 0.2) is 0 Å². The lowest BCUT2D eigenvalue weighted by atomic mass is 10.1. The molecule has 271 valence electrons. The van der Waals surface area contributed by atoms with Gasteiger partial charge in [-0.2, -0.15) is 0 Å². The molecular weight excluding hydrogens is 614 g/mol. The molecule has 0 spiro atoms. The zero-order valence-corrected chi connectivity index (χ0v) is 28.0. The van der Waals surface area contributed by atoms with Crippen molar-refractivity contribution in [3.05, 3.63) is 0 Å². The number of ether oxygens (including phenoxy) is 3. The summed E-state index contributed by atoms with van der Waals surface area (Å²) in [6.45, 7) is 3.66. The fourth-order valence-corrected chi connectivity index (χ4v) is 4.45. The highest BCUT2D eigenvalue weighted by Crippen LogP contribution is 2.12. The van der Waals surface area contributed by atoms with Gasteiger partial charge in [-0.25, -0.2) is 4.79 Å². The van der Waals surface area contributed by atoms with Gasteiger partial charge in [0.05, 0.1) is 26.4 Å². The molecule has 0 aliphatic carbocycles. The Labute approximate surface area is 279 Å². The summed E-state index contributed by atoms with van der Waals surface area (Å²) < 4.78 is 16.4. The van der Waals surface area contributed by atoms with Crippen LogP contribution in [0.1, 0.15) is 116 Å². The van der Waals surface area contributed by atoms with Crippen LogP contribution in [-0.4, -0.2) is 105 Å². The van der Waals surface area contributed by atoms with Gasteiger partial charge in [0.2, 0.25) is 17.7 Å². The van der Waals surface area contributed by atoms with E-state index in [2.05, 4.69) is 16.0 Å². The van der Waals surface area contributed by atoms with Crippen LogP contribution >= 0.6 is 0 Å². The van der Waals surface area contributed by atoms with Crippen molar-refractivity contribution < 1.29 is 53.2 Å². The number of rotatable bonds is 35. The second-order valence-electron chi connectivity index (χ2n) is 11.3. The summed E-state index contributed by atoms with van der Waals surface area (Å²) in [5.41, 5.74) is 0. The lowest BCUT2D eigenvalue weighted by molar-refractivity contribution is -0.142. The third kappa shape index (κ3) is 32.6. The van der Waals surface area contributed by atoms with Crippen molar-refractivity contribution in [2.75, 3.05) is 52.7 Å². The van der Waals surface area contributed by atoms with Crippen LogP contribution < -0.4 is 16.0 Å². The first-order valence-corrected chi connectivity index (χ1v) is 17.1. The standard InChI is InChI=1S/C33H58N3O11/c37-21-11-14-28(33(43)44)36-31(40)18-17-30(39)35-20-13-23-46-25-27-47-26-24-45-22-12-19-34-29(38)15-9-7-5-3-1-2-4-6-8-10-16-32(41)42/h28H,1-20,22-27H2,(H,34,38)(H,35,39)(H,36,40)(H,41,42)(H,43,44)/t28-/m0/s1. The predicted octanol–water partition coefficient (Wildman–Crippen LogP) is 3.05. The number of carbonyl (C=O) groups excluding carboxylic acids is 4. The fraction of sp³-hybridized carbons (Fsp3) is 0.818. The number of carboxylic acids is 2. The summed E-state index contributed by atoms with van der Waals surface area (Å²) in [6, 6.07) is -1.18. The molecule has 0 aromatic rings. The molecule has 0 saturated heterocycles. The van der Waals surface area contributed by atoms with Crippen LogP contribution in [0.4, 0.5) is 0 Å². The second-order valence-corrected chi connectivity index (χ2v) is 11.3. The number of unbranched alkanes of at least 4 members (excludes halogenated alkanes) is 9. The highest BCUT2D eigenvalue weighted by Gasteiger charge is 2.19. The summed E-state index contributed by atoms with van der Waals surface area (Å²) >= 11 is 0. The van der Waals surface area contributed by atoms with Gasteiger partial charge < -0.3 is 40.4 Å². The van der Waals surface area contributed by atoms with E-state index in [4.69, 9.17) is 24.4 Å². The molecule has 0 aromatic heterocycles. The van der Waals surface area contributed by atoms with Gasteiger partial charge in [0.25, 0.3) is 0 Å². The lowest BCUT2D eigenvalue weighted by Crippen LogP contribution is -2.41. The maximum atomic E-state index is 11.9. The van der Waals surface area contributed by atoms with Crippen LogP contribution in [0, 0.1) is 0 Å². The first kappa shape index (κ1) is 43.9. The van der Waals surface area contributed by atoms with Crippen molar-refractivity contribution in [2.24, 2.45) is 0 Å². The normalized spacial score (nSPS) is 11.5. The van der Waals surface area contributed by atoms with Crippen LogP contribution in [0.5, 0.6) is 0 Å². The maximum absolute atomic E-state index is 11.9. The minimum Gasteiger partial charge on any atom is -0.481 e. The SMILES string of the molecule is O=[C]CC[C@H](NC(=O)CCC(=O)NCCCOCCOCCOCCCNC(=O)CCCCCCCCCCCCC(=O)O)C(=O)O. The van der Waals surface area contributed by atoms with Crippen molar-refractivity contribution in [2.45, 2.75) is 122 Å². The van der Waals surface area contributed by atoms with Crippen LogP contribution in [0.2, 0.25) is 0 Å². The van der Waals surface area contributed by atoms with Gasteiger partial charge in [-0.05, 0) is 32.1 Å². The van der Waals surface area contributed by atoms with Crippen molar-refractivity contribution >= 4 is 35.9 Å². The topological polar surface area (TPSA) is 207 Å². The van der Waals surface area contributed by atoms with Crippen LogP contribution in [-0.2, 0) is 43.0 Å². The molecule has 0 aliphatic heterocycles. The number of hydrogen-bond donors (Lipinski definition) is 5. The van der Waals surface area contributed by atoms with Gasteiger partial charge in [-0.1, -0.05) is 51.4 Å². The zero-order chi connectivity index (χ0) is 34.8. The van der Waals surface area contributed by atoms with Gasteiger partial charge >= 0.3 is 11.9 Å². The van der Waals surface area contributed by atoms with E-state index in [1.165, 1.54) is 25.7 Å². The number of carbonyl (C=O) groups is 5. The average Bonchev–Trinajstić information content (AvgIpc) is 3.04. The van der Waals surface area contributed by atoms with Crippen molar-refractivity contribution in [3.63, 3.8) is 0 Å². The van der Waals surface area contributed by atoms with E-state index in [9.17, 15) is 28.8 Å². The largest absolute Gasteiger partial charge is 0.481 e. The Morgan fingerprint density at radius 1 is 0.532 bits per heavy atom. The minimum absolute atomic E-state index is 0.0515. The molecule has 0 saturated carbocycles. The third-order valence-electron chi connectivity index (χ3n) is 7.11. The van der Waals surface area contributed by atoms with Crippen molar-refractivity contribution in [3.8, 4) is 0 Å². The Balaban J connectivity index is 3.39. The molecule has 14 nitrogen and oxygen atoms in total. The molecule has 0 unspecified atom stereocenters. The monoisotopic (exact) mass is 672 g/mol. The van der Waals surface area contributed by atoms with E-state index in [0.29, 0.717) is 65.6 Å². The summed E-state index contributed by atoms with van der Waals surface area (Å²) in [5, 5.41) is 25.5. The molecule has 0 bridgehead atoms. The lowest BCUT2D eigenvalue weighted by Gasteiger charge is -2.13. The van der Waals surface area contributed by atoms with E-state index in [1.807, 2.05) is 0 Å². The number of hydrogen-bond acceptors (Lipinski definition) is 9. The first-order valence-electron chi connectivity index (χ1n) is 17.1. The number of nitrogens with one attached hydrogen (secondary N) is 3. The third-order valence-corrected chi connectivity index (χ3v) is 7.11. The predicted molar refractivity (Wildman–Crippen MR) is 174 cm³/mol. The van der Waals surface area contributed by atoms with Crippen molar-refractivity contribution in [1.82, 2.24) is 16.0 Å². The zero-order valence-electron chi connectivity index (χ0n) is 28.0. The summed E-state index contributed by atoms with van der Waals surface area (Å²) in [6.07, 6.45) is 14.1. The molecule has 0 heterocycles. The fourth-order valence-electron chi connectivity index (χ4n) is 4.45. The number of aliphatic carboxylic acids is 2. The Morgan fingerprint density at radius 2 is 0.957 bits per heavy atom. The van der Waals surface area contributed by atoms with Crippen LogP contribution in [0.25, 0.3) is 0 Å². The molecule has 0 fully saturated rings. The minimum atomic E-state index is -1.24. The number of amides is 3. The quantitative estimate of drug-likeness (QED) is 0.0619. The Hall–Kier alpha value is -3.10. The summed E-state index contributed by atoms with van der Waals surface area (Å²) in [7, 11) is 0. The smallest absolute Gasteiger partial charge is 0.326 e. The van der Waals surface area contributed by atoms with Gasteiger partial charge in [-0.3, -0.25) is 24.0 Å². The molecule has 3 amide bonds. The second kappa shape index (κ2) is 32.8. The van der Waals surface area contributed by atoms with Gasteiger partial charge in [0, 0.05) is 58.4 Å². The van der Waals surface area contributed by atoms with E-state index in [0.717, 1.165) is 44.9 Å². The molecule has 14 heteroatoms. The van der Waals surface area contributed by atoms with E-state index < -0.39 is 23.9 Å². The van der Waals surface area contributed by atoms with E-state index >= 15 is 0 Å². The van der Waals surface area contributed by atoms with Crippen LogP contribution in [0.3, 0.4) is 0 Å². The molecule has 0 aliphatic rings. The molecule has 47 heavy (non-hydrogen) atoms. The maximum Gasteiger partial charge on any atom is 0.326 e. The van der Waals surface area contributed by atoms with Gasteiger partial charge in [0.15, 0.2) is 6.29 Å². The molecule has 1 atom stereocenters. The van der Waals surface area contributed by atoms with E-state index in [1.54, 1.807) is 6.29 Å². The molecular formula is C33H58N3O11. The molecule has 0 rings (SSSR count). The summed E-state index contributed by atoms with van der Waals surface area (Å²) in [5.74, 6) is -2.77. The van der Waals surface area contributed by atoms with Gasteiger partial charge in [0.1, 0.15) is 6.04 Å². The molecule has 5 N–H and O–H groups in total. The molecule has 1 radical (unpaired) electrons. The summed E-state index contributed by atoms with van der Waals surface area (Å²) in [4.78, 5) is 67.4.